The van der Waals surface area contributed by atoms with Gasteiger partial charge in [0, 0.05) is 11.6 Å². The van der Waals surface area contributed by atoms with Gasteiger partial charge in [0.05, 0.1) is 12.0 Å². The second kappa shape index (κ2) is 4.99. The van der Waals surface area contributed by atoms with Gasteiger partial charge in [-0.1, -0.05) is 6.07 Å². The fourth-order valence-electron chi connectivity index (χ4n) is 1.56. The molecule has 2 rings (SSSR count). The van der Waals surface area contributed by atoms with Gasteiger partial charge in [-0.2, -0.15) is 0 Å². The van der Waals surface area contributed by atoms with E-state index < -0.39 is 6.10 Å². The molecule has 0 aliphatic carbocycles. The quantitative estimate of drug-likeness (QED) is 0.710. The Morgan fingerprint density at radius 1 is 1.29 bits per heavy atom. The summed E-state index contributed by atoms with van der Waals surface area (Å²) >= 11 is 0. The van der Waals surface area contributed by atoms with E-state index in [1.807, 2.05) is 0 Å². The first-order chi connectivity index (χ1) is 8.22. The zero-order valence-electron chi connectivity index (χ0n) is 9.09. The van der Waals surface area contributed by atoms with Crippen molar-refractivity contribution in [3.63, 3.8) is 0 Å². The van der Waals surface area contributed by atoms with E-state index in [4.69, 9.17) is 9.84 Å². The van der Waals surface area contributed by atoms with Crippen LogP contribution in [0.25, 0.3) is 10.8 Å². The third-order valence-corrected chi connectivity index (χ3v) is 2.42. The van der Waals surface area contributed by atoms with E-state index in [1.54, 1.807) is 30.5 Å². The van der Waals surface area contributed by atoms with Crippen LogP contribution < -0.4 is 10.3 Å². The third kappa shape index (κ3) is 2.46. The van der Waals surface area contributed by atoms with Gasteiger partial charge in [0.15, 0.2) is 0 Å². The Bertz CT molecular complexity index is 564. The van der Waals surface area contributed by atoms with Crippen LogP contribution in [0.3, 0.4) is 0 Å². The van der Waals surface area contributed by atoms with Gasteiger partial charge in [-0.3, -0.25) is 4.79 Å². The summed E-state index contributed by atoms with van der Waals surface area (Å²) in [5.74, 6) is 0.515. The number of nitrogens with one attached hydrogen (secondary N) is 1. The number of aromatic amines is 1. The fraction of sp³-hybridized carbons (Fsp3) is 0.250. The number of fused-ring (bicyclic) bond motifs is 1. The molecule has 0 aliphatic rings. The van der Waals surface area contributed by atoms with Gasteiger partial charge in [-0.15, -0.1) is 0 Å². The molecule has 2 aromatic rings. The largest absolute Gasteiger partial charge is 0.490 e. The number of aliphatic hydroxyl groups is 2. The summed E-state index contributed by atoms with van der Waals surface area (Å²) in [5, 5.41) is 19.1. The number of aromatic nitrogens is 1. The van der Waals surface area contributed by atoms with Gasteiger partial charge >= 0.3 is 0 Å². The predicted molar refractivity (Wildman–Crippen MR) is 63.2 cm³/mol. The minimum atomic E-state index is -0.924. The molecule has 0 fully saturated rings. The summed E-state index contributed by atoms with van der Waals surface area (Å²) in [6, 6.07) is 6.85. The Balaban J connectivity index is 2.35. The first-order valence-corrected chi connectivity index (χ1v) is 5.24. The van der Waals surface area contributed by atoms with Gasteiger partial charge in [0.25, 0.3) is 5.56 Å². The van der Waals surface area contributed by atoms with Gasteiger partial charge in [0.2, 0.25) is 0 Å². The third-order valence-electron chi connectivity index (χ3n) is 2.42. The highest BCUT2D eigenvalue weighted by molar-refractivity contribution is 5.87. The van der Waals surface area contributed by atoms with E-state index in [9.17, 15) is 9.90 Å². The molecule has 0 aliphatic heterocycles. The monoisotopic (exact) mass is 235 g/mol. The first-order valence-electron chi connectivity index (χ1n) is 5.24. The lowest BCUT2D eigenvalue weighted by atomic mass is 10.1. The van der Waals surface area contributed by atoms with Crippen LogP contribution in [0.1, 0.15) is 0 Å². The van der Waals surface area contributed by atoms with Gasteiger partial charge in [-0.05, 0) is 18.2 Å². The zero-order chi connectivity index (χ0) is 12.3. The van der Waals surface area contributed by atoms with Crippen LogP contribution in [0, 0.1) is 0 Å². The van der Waals surface area contributed by atoms with E-state index in [1.165, 1.54) is 0 Å². The molecule has 3 N–H and O–H groups in total. The van der Waals surface area contributed by atoms with Crippen molar-refractivity contribution in [2.75, 3.05) is 13.2 Å². The van der Waals surface area contributed by atoms with Crippen molar-refractivity contribution < 1.29 is 14.9 Å². The maximum Gasteiger partial charge on any atom is 0.255 e. The molecular weight excluding hydrogens is 222 g/mol. The number of hydrogen-bond acceptors (Lipinski definition) is 4. The normalized spacial score (nSPS) is 12.6. The van der Waals surface area contributed by atoms with Crippen LogP contribution >= 0.6 is 0 Å². The molecule has 0 bridgehead atoms. The molecule has 0 saturated heterocycles. The Morgan fingerprint density at radius 2 is 2.12 bits per heavy atom. The highest BCUT2D eigenvalue weighted by Gasteiger charge is 2.07. The minimum absolute atomic E-state index is 0.0115. The number of pyridine rings is 1. The molecule has 0 saturated carbocycles. The van der Waals surface area contributed by atoms with Crippen molar-refractivity contribution in [2.45, 2.75) is 6.10 Å². The van der Waals surface area contributed by atoms with Crippen molar-refractivity contribution >= 4 is 10.8 Å². The van der Waals surface area contributed by atoms with E-state index >= 15 is 0 Å². The van der Waals surface area contributed by atoms with Crippen LogP contribution in [0.15, 0.2) is 35.3 Å². The Labute approximate surface area is 97.3 Å². The van der Waals surface area contributed by atoms with Crippen LogP contribution in [-0.2, 0) is 0 Å². The van der Waals surface area contributed by atoms with Gasteiger partial charge in [-0.25, -0.2) is 0 Å². The summed E-state index contributed by atoms with van der Waals surface area (Å²) in [6.07, 6.45) is 0.618. The van der Waals surface area contributed by atoms with Crippen molar-refractivity contribution in [3.05, 3.63) is 40.8 Å². The fourth-order valence-corrected chi connectivity index (χ4v) is 1.56. The molecule has 1 atom stereocenters. The van der Waals surface area contributed by atoms with E-state index in [-0.39, 0.29) is 18.8 Å². The molecular formula is C12H13NO4. The minimum Gasteiger partial charge on any atom is -0.490 e. The first kappa shape index (κ1) is 11.6. The number of rotatable bonds is 4. The molecule has 5 nitrogen and oxygen atoms in total. The van der Waals surface area contributed by atoms with Crippen LogP contribution in [0.5, 0.6) is 5.75 Å². The zero-order valence-corrected chi connectivity index (χ0v) is 9.09. The summed E-state index contributed by atoms with van der Waals surface area (Å²) < 4.78 is 5.36. The number of hydrogen-bond donors (Lipinski definition) is 3. The topological polar surface area (TPSA) is 82.6 Å². The maximum absolute atomic E-state index is 11.5. The van der Waals surface area contributed by atoms with E-state index in [0.717, 1.165) is 0 Å². The highest BCUT2D eigenvalue weighted by atomic mass is 16.5. The molecule has 17 heavy (non-hydrogen) atoms. The van der Waals surface area contributed by atoms with Crippen LogP contribution in [-0.4, -0.2) is 34.5 Å². The molecule has 1 heterocycles. The average molecular weight is 235 g/mol. The summed E-state index contributed by atoms with van der Waals surface area (Å²) in [6.45, 7) is -0.367. The Morgan fingerprint density at radius 3 is 2.88 bits per heavy atom. The SMILES string of the molecule is O=c1[nH]ccc2c(OCC(O)CO)cccc12. The maximum atomic E-state index is 11.5. The predicted octanol–water partition coefficient (Wildman–Crippen LogP) is 0.260. The number of H-pyrrole nitrogens is 1. The molecule has 1 aromatic carbocycles. The van der Waals surface area contributed by atoms with Crippen LogP contribution in [0.2, 0.25) is 0 Å². The Hall–Kier alpha value is -1.85. The van der Waals surface area contributed by atoms with Gasteiger partial charge in [0.1, 0.15) is 18.5 Å². The smallest absolute Gasteiger partial charge is 0.255 e. The highest BCUT2D eigenvalue weighted by Crippen LogP contribution is 2.22. The molecule has 0 spiro atoms. The van der Waals surface area contributed by atoms with E-state index in [0.29, 0.717) is 16.5 Å². The molecule has 5 heteroatoms. The van der Waals surface area contributed by atoms with Gasteiger partial charge < -0.3 is 19.9 Å². The van der Waals surface area contributed by atoms with Crippen LogP contribution in [0.4, 0.5) is 0 Å². The molecule has 90 valence electrons. The van der Waals surface area contributed by atoms with Crippen molar-refractivity contribution in [2.24, 2.45) is 0 Å². The molecule has 0 amide bonds. The van der Waals surface area contributed by atoms with Crippen molar-refractivity contribution in [3.8, 4) is 5.75 Å². The van der Waals surface area contributed by atoms with E-state index in [2.05, 4.69) is 4.98 Å². The number of ether oxygens (including phenoxy) is 1. The molecule has 1 unspecified atom stereocenters. The lowest BCUT2D eigenvalue weighted by molar-refractivity contribution is 0.0541. The summed E-state index contributed by atoms with van der Waals surface area (Å²) in [5.41, 5.74) is -0.185. The van der Waals surface area contributed by atoms with Crippen molar-refractivity contribution in [1.82, 2.24) is 4.98 Å². The molecule has 0 radical (unpaired) electrons. The number of aliphatic hydroxyl groups excluding tert-OH is 2. The average Bonchev–Trinajstić information content (AvgIpc) is 2.36. The standard InChI is InChI=1S/C12H13NO4/c14-6-8(15)7-17-11-3-1-2-10-9(11)4-5-13-12(10)16/h1-5,8,14-15H,6-7H2,(H,13,16). The van der Waals surface area contributed by atoms with Crippen molar-refractivity contribution in [1.29, 1.82) is 0 Å². The summed E-state index contributed by atoms with van der Waals surface area (Å²) in [7, 11) is 0. The second-order valence-corrected chi connectivity index (χ2v) is 3.67. The second-order valence-electron chi connectivity index (χ2n) is 3.67. The molecule has 1 aromatic heterocycles. The number of benzene rings is 1. The summed E-state index contributed by atoms with van der Waals surface area (Å²) in [4.78, 5) is 14.1. The lowest BCUT2D eigenvalue weighted by Gasteiger charge is -2.11. The lowest BCUT2D eigenvalue weighted by Crippen LogP contribution is -2.21. The Kier molecular flexibility index (Phi) is 3.41.